The van der Waals surface area contributed by atoms with Gasteiger partial charge in [-0.05, 0) is 30.5 Å². The van der Waals surface area contributed by atoms with Crippen LogP contribution in [0.15, 0.2) is 24.3 Å². The first kappa shape index (κ1) is 14.3. The van der Waals surface area contributed by atoms with Crippen molar-refractivity contribution >= 4 is 0 Å². The molecule has 0 bridgehead atoms. The predicted octanol–water partition coefficient (Wildman–Crippen LogP) is 1.89. The molecule has 0 aromatic heterocycles. The van der Waals surface area contributed by atoms with E-state index in [4.69, 9.17) is 4.74 Å². The van der Waals surface area contributed by atoms with E-state index in [1.54, 1.807) is 7.11 Å². The van der Waals surface area contributed by atoms with E-state index in [1.807, 2.05) is 43.4 Å². The first-order valence-corrected chi connectivity index (χ1v) is 6.86. The molecule has 0 aliphatic heterocycles. The number of nitrogens with zero attached hydrogens (tertiary/aromatic N) is 1. The van der Waals surface area contributed by atoms with Gasteiger partial charge < -0.3 is 9.84 Å². The summed E-state index contributed by atoms with van der Waals surface area (Å²) in [5.41, 5.74) is 3.52. The van der Waals surface area contributed by atoms with Crippen molar-refractivity contribution in [2.45, 2.75) is 37.3 Å². The molecule has 2 rings (SSSR count). The van der Waals surface area contributed by atoms with Gasteiger partial charge in [-0.1, -0.05) is 25.0 Å². The zero-order valence-electron chi connectivity index (χ0n) is 12.0. The summed E-state index contributed by atoms with van der Waals surface area (Å²) in [5.74, 6) is 0.820. The van der Waals surface area contributed by atoms with Crippen molar-refractivity contribution in [3.63, 3.8) is 0 Å². The average Bonchev–Trinajstić information content (AvgIpc) is 2.41. The number of benzene rings is 1. The largest absolute Gasteiger partial charge is 0.497 e. The second kappa shape index (κ2) is 5.90. The highest BCUT2D eigenvalue weighted by atomic mass is 16.5. The number of ether oxygens (including phenoxy) is 1. The van der Waals surface area contributed by atoms with E-state index in [0.29, 0.717) is 0 Å². The zero-order chi connectivity index (χ0) is 13.9. The zero-order valence-corrected chi connectivity index (χ0v) is 12.0. The standard InChI is InChI=1S/C15H24N2O2/c1-17(2)16-14-6-4-5-11-15(14,18)12-7-9-13(19-3)10-8-12/h7-10,14,16,18H,4-6,11H2,1-3H3/t14-,15-/m0/s1. The number of hydrazine groups is 1. The molecular weight excluding hydrogens is 240 g/mol. The Labute approximate surface area is 115 Å². The van der Waals surface area contributed by atoms with Crippen LogP contribution in [0.1, 0.15) is 31.2 Å². The predicted molar refractivity (Wildman–Crippen MR) is 76.0 cm³/mol. The maximum absolute atomic E-state index is 11.1. The maximum Gasteiger partial charge on any atom is 0.118 e. The Morgan fingerprint density at radius 3 is 2.53 bits per heavy atom. The molecular formula is C15H24N2O2. The van der Waals surface area contributed by atoms with Crippen LogP contribution in [-0.2, 0) is 5.60 Å². The van der Waals surface area contributed by atoms with E-state index in [-0.39, 0.29) is 6.04 Å². The lowest BCUT2D eigenvalue weighted by molar-refractivity contribution is -0.0515. The Morgan fingerprint density at radius 1 is 1.26 bits per heavy atom. The third kappa shape index (κ3) is 3.08. The molecule has 0 radical (unpaired) electrons. The summed E-state index contributed by atoms with van der Waals surface area (Å²) in [6.07, 6.45) is 4.00. The highest BCUT2D eigenvalue weighted by Gasteiger charge is 2.40. The van der Waals surface area contributed by atoms with Gasteiger partial charge in [0.05, 0.1) is 13.2 Å². The first-order chi connectivity index (χ1) is 9.06. The van der Waals surface area contributed by atoms with Crippen molar-refractivity contribution in [1.82, 2.24) is 10.4 Å². The number of rotatable bonds is 4. The first-order valence-electron chi connectivity index (χ1n) is 6.86. The molecule has 1 aliphatic rings. The summed E-state index contributed by atoms with van der Waals surface area (Å²) in [7, 11) is 5.58. The molecule has 1 aliphatic carbocycles. The van der Waals surface area contributed by atoms with E-state index >= 15 is 0 Å². The molecule has 19 heavy (non-hydrogen) atoms. The molecule has 1 aromatic rings. The van der Waals surface area contributed by atoms with E-state index < -0.39 is 5.60 Å². The van der Waals surface area contributed by atoms with Crippen LogP contribution in [0.25, 0.3) is 0 Å². The third-order valence-corrected chi connectivity index (χ3v) is 3.88. The molecule has 1 aromatic carbocycles. The molecule has 0 spiro atoms. The summed E-state index contributed by atoms with van der Waals surface area (Å²) < 4.78 is 5.18. The number of methoxy groups -OCH3 is 1. The highest BCUT2D eigenvalue weighted by Crippen LogP contribution is 2.37. The lowest BCUT2D eigenvalue weighted by atomic mass is 9.76. The summed E-state index contributed by atoms with van der Waals surface area (Å²) in [5, 5.41) is 13.0. The van der Waals surface area contributed by atoms with Gasteiger partial charge in [0, 0.05) is 14.1 Å². The Morgan fingerprint density at radius 2 is 1.95 bits per heavy atom. The van der Waals surface area contributed by atoms with Gasteiger partial charge in [-0.15, -0.1) is 0 Å². The van der Waals surface area contributed by atoms with Crippen LogP contribution in [-0.4, -0.2) is 37.4 Å². The SMILES string of the molecule is COc1ccc([C@@]2(O)CCCC[C@@H]2NN(C)C)cc1. The van der Waals surface area contributed by atoms with E-state index in [9.17, 15) is 5.11 Å². The van der Waals surface area contributed by atoms with Crippen LogP contribution in [0.2, 0.25) is 0 Å². The van der Waals surface area contributed by atoms with Crippen molar-refractivity contribution < 1.29 is 9.84 Å². The highest BCUT2D eigenvalue weighted by molar-refractivity contribution is 5.32. The van der Waals surface area contributed by atoms with Crippen LogP contribution in [0.5, 0.6) is 5.75 Å². The Kier molecular flexibility index (Phi) is 4.45. The Bertz CT molecular complexity index is 405. The lowest BCUT2D eigenvalue weighted by Crippen LogP contribution is -2.54. The van der Waals surface area contributed by atoms with Gasteiger partial charge in [-0.3, -0.25) is 5.01 Å². The summed E-state index contributed by atoms with van der Waals surface area (Å²) in [6, 6.07) is 7.82. The van der Waals surface area contributed by atoms with E-state index in [0.717, 1.165) is 37.0 Å². The molecule has 4 nitrogen and oxygen atoms in total. The fraction of sp³-hybridized carbons (Fsp3) is 0.600. The average molecular weight is 264 g/mol. The molecule has 2 atom stereocenters. The number of aliphatic hydroxyl groups is 1. The lowest BCUT2D eigenvalue weighted by Gasteiger charge is -2.42. The van der Waals surface area contributed by atoms with Crippen LogP contribution in [0.4, 0.5) is 0 Å². The van der Waals surface area contributed by atoms with Gasteiger partial charge >= 0.3 is 0 Å². The molecule has 1 fully saturated rings. The second-order valence-electron chi connectivity index (χ2n) is 5.47. The monoisotopic (exact) mass is 264 g/mol. The van der Waals surface area contributed by atoms with Crippen molar-refractivity contribution in [2.24, 2.45) is 0 Å². The number of nitrogens with one attached hydrogen (secondary N) is 1. The normalized spacial score (nSPS) is 27.5. The van der Waals surface area contributed by atoms with Gasteiger partial charge in [0.1, 0.15) is 11.4 Å². The van der Waals surface area contributed by atoms with Crippen molar-refractivity contribution in [1.29, 1.82) is 0 Å². The van der Waals surface area contributed by atoms with Gasteiger partial charge in [0.25, 0.3) is 0 Å². The topological polar surface area (TPSA) is 44.7 Å². The van der Waals surface area contributed by atoms with Gasteiger partial charge in [0.2, 0.25) is 0 Å². The molecule has 0 amide bonds. The van der Waals surface area contributed by atoms with E-state index in [1.165, 1.54) is 0 Å². The molecule has 0 saturated heterocycles. The van der Waals surface area contributed by atoms with Crippen molar-refractivity contribution in [3.05, 3.63) is 29.8 Å². The van der Waals surface area contributed by atoms with E-state index in [2.05, 4.69) is 5.43 Å². The quantitative estimate of drug-likeness (QED) is 0.815. The minimum Gasteiger partial charge on any atom is -0.497 e. The number of hydrogen-bond acceptors (Lipinski definition) is 4. The van der Waals surface area contributed by atoms with Gasteiger partial charge in [-0.25, -0.2) is 5.43 Å². The van der Waals surface area contributed by atoms with Crippen LogP contribution < -0.4 is 10.2 Å². The molecule has 2 N–H and O–H groups in total. The Balaban J connectivity index is 2.25. The fourth-order valence-corrected chi connectivity index (χ4v) is 2.86. The van der Waals surface area contributed by atoms with Crippen LogP contribution in [0, 0.1) is 0 Å². The van der Waals surface area contributed by atoms with Crippen molar-refractivity contribution in [2.75, 3.05) is 21.2 Å². The molecule has 0 heterocycles. The fourth-order valence-electron chi connectivity index (χ4n) is 2.86. The minimum atomic E-state index is -0.797. The third-order valence-electron chi connectivity index (χ3n) is 3.88. The maximum atomic E-state index is 11.1. The smallest absolute Gasteiger partial charge is 0.118 e. The van der Waals surface area contributed by atoms with Gasteiger partial charge in [0.15, 0.2) is 0 Å². The number of hydrogen-bond donors (Lipinski definition) is 2. The molecule has 4 heteroatoms. The van der Waals surface area contributed by atoms with Gasteiger partial charge in [-0.2, -0.15) is 0 Å². The van der Waals surface area contributed by atoms with Crippen molar-refractivity contribution in [3.8, 4) is 5.75 Å². The van der Waals surface area contributed by atoms with Crippen LogP contribution in [0.3, 0.4) is 0 Å². The Hall–Kier alpha value is -1.10. The van der Waals surface area contributed by atoms with Crippen LogP contribution >= 0.6 is 0 Å². The molecule has 0 unspecified atom stereocenters. The molecule has 106 valence electrons. The summed E-state index contributed by atoms with van der Waals surface area (Å²) in [4.78, 5) is 0. The summed E-state index contributed by atoms with van der Waals surface area (Å²) >= 11 is 0. The summed E-state index contributed by atoms with van der Waals surface area (Å²) in [6.45, 7) is 0. The molecule has 1 saturated carbocycles. The minimum absolute atomic E-state index is 0.0599. The second-order valence-corrected chi connectivity index (χ2v) is 5.47.